The van der Waals surface area contributed by atoms with Gasteiger partial charge in [-0.1, -0.05) is 42.5 Å². The average molecular weight is 596 g/mol. The summed E-state index contributed by atoms with van der Waals surface area (Å²) in [6, 6.07) is 18.6. The average Bonchev–Trinajstić information content (AvgIpc) is 3.36. The molecule has 0 unspecified atom stereocenters. The Labute approximate surface area is 241 Å². The summed E-state index contributed by atoms with van der Waals surface area (Å²) in [5, 5.41) is 0. The first-order chi connectivity index (χ1) is 19.5. The van der Waals surface area contributed by atoms with Gasteiger partial charge in [0.15, 0.2) is 9.84 Å². The Balaban J connectivity index is 1.41. The van der Waals surface area contributed by atoms with Gasteiger partial charge >= 0.3 is 0 Å². The number of carbonyl (C=O) groups excluding carboxylic acids is 1. The largest absolute Gasteiger partial charge is 0.337 e. The van der Waals surface area contributed by atoms with E-state index in [4.69, 9.17) is 0 Å². The summed E-state index contributed by atoms with van der Waals surface area (Å²) < 4.78 is 65.6. The molecular formula is C32H34FNO5S2. The van der Waals surface area contributed by atoms with Crippen molar-refractivity contribution in [1.82, 2.24) is 4.90 Å². The summed E-state index contributed by atoms with van der Waals surface area (Å²) in [5.41, 5.74) is 5.19. The maximum Gasteiger partial charge on any atom is 0.226 e. The smallest absolute Gasteiger partial charge is 0.226 e. The lowest BCUT2D eigenvalue weighted by atomic mass is 9.77. The number of hydrogen-bond acceptors (Lipinski definition) is 5. The van der Waals surface area contributed by atoms with Crippen molar-refractivity contribution < 1.29 is 26.0 Å². The summed E-state index contributed by atoms with van der Waals surface area (Å²) in [6.45, 7) is 2.35. The molecule has 9 heteroatoms. The normalized spacial score (nSPS) is 24.0. The highest BCUT2D eigenvalue weighted by atomic mass is 32.2. The monoisotopic (exact) mass is 595 g/mol. The first-order valence-electron chi connectivity index (χ1n) is 14.2. The number of nitrogens with zero attached hydrogens (tertiary/aromatic N) is 1. The lowest BCUT2D eigenvalue weighted by Crippen LogP contribution is -2.53. The molecule has 6 rings (SSSR count). The molecule has 0 bridgehead atoms. The number of sulfone groups is 2. The molecule has 2 saturated heterocycles. The van der Waals surface area contributed by atoms with Crippen molar-refractivity contribution in [1.29, 1.82) is 0 Å². The van der Waals surface area contributed by atoms with Crippen LogP contribution < -0.4 is 0 Å². The van der Waals surface area contributed by atoms with Crippen LogP contribution in [0.2, 0.25) is 0 Å². The molecule has 1 amide bonds. The van der Waals surface area contributed by atoms with Crippen LogP contribution in [-0.2, 0) is 42.1 Å². The Kier molecular flexibility index (Phi) is 7.09. The van der Waals surface area contributed by atoms with E-state index in [0.717, 1.165) is 29.7 Å². The van der Waals surface area contributed by atoms with Crippen LogP contribution in [0.5, 0.6) is 0 Å². The van der Waals surface area contributed by atoms with Crippen molar-refractivity contribution in [2.45, 2.75) is 61.1 Å². The molecule has 0 N–H and O–H groups in total. The number of likely N-dealkylation sites (tertiary alicyclic amines) is 1. The molecule has 2 fully saturated rings. The van der Waals surface area contributed by atoms with Gasteiger partial charge in [-0.15, -0.1) is 0 Å². The third kappa shape index (κ3) is 4.80. The van der Waals surface area contributed by atoms with Gasteiger partial charge in [-0.05, 0) is 97.5 Å². The number of hydrogen-bond donors (Lipinski definition) is 0. The molecule has 3 aliphatic rings. The lowest BCUT2D eigenvalue weighted by Gasteiger charge is -2.43. The van der Waals surface area contributed by atoms with Gasteiger partial charge < -0.3 is 4.90 Å². The number of halogens is 1. The molecule has 2 aliphatic heterocycles. The molecule has 0 aromatic heterocycles. The van der Waals surface area contributed by atoms with E-state index in [9.17, 15) is 26.0 Å². The molecule has 216 valence electrons. The zero-order valence-corrected chi connectivity index (χ0v) is 24.7. The maximum absolute atomic E-state index is 14.6. The number of aryl methyl sites for hydroxylation is 2. The minimum Gasteiger partial charge on any atom is -0.337 e. The molecule has 41 heavy (non-hydrogen) atoms. The van der Waals surface area contributed by atoms with Gasteiger partial charge in [0.05, 0.1) is 22.4 Å². The lowest BCUT2D eigenvalue weighted by molar-refractivity contribution is -0.137. The van der Waals surface area contributed by atoms with Crippen LogP contribution in [0.3, 0.4) is 0 Å². The van der Waals surface area contributed by atoms with Gasteiger partial charge in [0, 0.05) is 12.5 Å². The first kappa shape index (κ1) is 28.1. The van der Waals surface area contributed by atoms with E-state index < -0.39 is 42.2 Å². The van der Waals surface area contributed by atoms with Gasteiger partial charge in [-0.3, -0.25) is 4.79 Å². The molecule has 0 radical (unpaired) electrons. The van der Waals surface area contributed by atoms with E-state index in [0.29, 0.717) is 18.4 Å². The van der Waals surface area contributed by atoms with Crippen LogP contribution in [-0.4, -0.2) is 51.7 Å². The number of carbonyl (C=O) groups is 1. The van der Waals surface area contributed by atoms with E-state index in [1.807, 2.05) is 24.3 Å². The Morgan fingerprint density at radius 2 is 1.71 bits per heavy atom. The van der Waals surface area contributed by atoms with Crippen molar-refractivity contribution in [2.75, 3.05) is 18.1 Å². The molecule has 0 saturated carbocycles. The summed E-state index contributed by atoms with van der Waals surface area (Å²) in [4.78, 5) is 15.6. The van der Waals surface area contributed by atoms with Crippen LogP contribution in [0.25, 0.3) is 0 Å². The van der Waals surface area contributed by atoms with Crippen molar-refractivity contribution in [3.63, 3.8) is 0 Å². The van der Waals surface area contributed by atoms with E-state index in [-0.39, 0.29) is 48.1 Å². The van der Waals surface area contributed by atoms with Crippen LogP contribution >= 0.6 is 0 Å². The Hall–Kier alpha value is -3.04. The predicted molar refractivity (Wildman–Crippen MR) is 156 cm³/mol. The molecule has 1 aliphatic carbocycles. The van der Waals surface area contributed by atoms with Gasteiger partial charge in [-0.2, -0.15) is 0 Å². The number of fused-ring (bicyclic) bond motifs is 3. The molecular weight excluding hydrogens is 561 g/mol. The van der Waals surface area contributed by atoms with Gasteiger partial charge in [-0.25, -0.2) is 21.2 Å². The second-order valence-corrected chi connectivity index (χ2v) is 16.2. The maximum atomic E-state index is 14.6. The van der Waals surface area contributed by atoms with Crippen LogP contribution in [0.15, 0.2) is 71.6 Å². The Morgan fingerprint density at radius 1 is 1.00 bits per heavy atom. The molecule has 0 spiro atoms. The predicted octanol–water partition coefficient (Wildman–Crippen LogP) is 4.77. The number of benzene rings is 3. The van der Waals surface area contributed by atoms with Gasteiger partial charge in [0.1, 0.15) is 20.4 Å². The summed E-state index contributed by atoms with van der Waals surface area (Å²) in [5.74, 6) is -1.14. The van der Waals surface area contributed by atoms with Crippen molar-refractivity contribution in [2.24, 2.45) is 5.92 Å². The summed E-state index contributed by atoms with van der Waals surface area (Å²) in [7, 11) is -7.18. The zero-order chi connectivity index (χ0) is 29.0. The van der Waals surface area contributed by atoms with Crippen LogP contribution in [0.4, 0.5) is 4.39 Å². The molecule has 3 aromatic carbocycles. The van der Waals surface area contributed by atoms with Crippen molar-refractivity contribution in [3.05, 3.63) is 100 Å². The third-order valence-corrected chi connectivity index (χ3v) is 13.7. The molecule has 2 heterocycles. The van der Waals surface area contributed by atoms with E-state index in [2.05, 4.69) is 25.1 Å². The molecule has 6 nitrogen and oxygen atoms in total. The van der Waals surface area contributed by atoms with Crippen molar-refractivity contribution >= 4 is 25.6 Å². The minimum absolute atomic E-state index is 0.0204. The van der Waals surface area contributed by atoms with Crippen LogP contribution in [0, 0.1) is 18.7 Å². The van der Waals surface area contributed by atoms with Crippen LogP contribution in [0.1, 0.15) is 53.5 Å². The van der Waals surface area contributed by atoms with E-state index >= 15 is 0 Å². The topological polar surface area (TPSA) is 88.6 Å². The summed E-state index contributed by atoms with van der Waals surface area (Å²) in [6.07, 6.45) is 2.61. The minimum atomic E-state index is -4.04. The second kappa shape index (κ2) is 10.3. The van der Waals surface area contributed by atoms with Gasteiger partial charge in [0.2, 0.25) is 5.91 Å². The number of rotatable bonds is 5. The quantitative estimate of drug-likeness (QED) is 0.397. The zero-order valence-electron chi connectivity index (χ0n) is 23.1. The first-order valence-corrected chi connectivity index (χ1v) is 17.5. The molecule has 2 atom stereocenters. The highest BCUT2D eigenvalue weighted by Crippen LogP contribution is 2.53. The Bertz CT molecular complexity index is 1700. The van der Waals surface area contributed by atoms with Gasteiger partial charge in [0.25, 0.3) is 0 Å². The highest BCUT2D eigenvalue weighted by Gasteiger charge is 2.61. The third-order valence-electron chi connectivity index (χ3n) is 9.40. The summed E-state index contributed by atoms with van der Waals surface area (Å²) >= 11 is 0. The molecule has 3 aromatic rings. The van der Waals surface area contributed by atoms with E-state index in [1.165, 1.54) is 23.3 Å². The number of amides is 1. The fourth-order valence-corrected chi connectivity index (χ4v) is 11.0. The fraction of sp³-hybridized carbons (Fsp3) is 0.406. The second-order valence-electron chi connectivity index (χ2n) is 11.7. The van der Waals surface area contributed by atoms with E-state index in [1.54, 1.807) is 4.90 Å². The highest BCUT2D eigenvalue weighted by molar-refractivity contribution is 7.92. The SMILES string of the molecule is Cc1ccccc1Cc1ccc2c(c1)CC[C@H]1N(C(=O)C3CCS(=O)(=O)CC3)CC[C@@]21S(=O)(=O)c1ccc(F)cc1. The fourth-order valence-electron chi connectivity index (χ4n) is 7.18. The Morgan fingerprint density at radius 3 is 2.41 bits per heavy atom. The standard InChI is InChI=1S/C32H34FNO5S2/c1-22-4-2-3-5-25(22)20-23-6-12-29-26(21-23)7-13-30-32(29,41(38,39)28-10-8-27(33)9-11-28)16-17-34(30)31(35)24-14-18-40(36,37)19-15-24/h2-6,8-12,21,24,30H,7,13-20H2,1H3/t30-,32-/m1/s1. The van der Waals surface area contributed by atoms with Crippen molar-refractivity contribution in [3.8, 4) is 0 Å².